The van der Waals surface area contributed by atoms with Gasteiger partial charge in [-0.2, -0.15) is 4.31 Å². The summed E-state index contributed by atoms with van der Waals surface area (Å²) in [6.07, 6.45) is 0.236. The highest BCUT2D eigenvalue weighted by atomic mass is 32.2. The maximum absolute atomic E-state index is 13.9. The zero-order chi connectivity index (χ0) is 16.0. The first-order valence-electron chi connectivity index (χ1n) is 6.13. The van der Waals surface area contributed by atoms with Crippen LogP contribution in [0.15, 0.2) is 17.0 Å². The molecule has 1 aliphatic heterocycles. The maximum atomic E-state index is 13.9. The summed E-state index contributed by atoms with van der Waals surface area (Å²) in [5, 5.41) is 0. The van der Waals surface area contributed by atoms with E-state index in [4.69, 9.17) is 11.5 Å². The molecule has 1 atom stereocenters. The molecule has 4 N–H and O–H groups in total. The highest BCUT2D eigenvalue weighted by Crippen LogP contribution is 2.34. The lowest BCUT2D eigenvalue weighted by Crippen LogP contribution is -2.38. The van der Waals surface area contributed by atoms with Crippen molar-refractivity contribution in [2.75, 3.05) is 18.8 Å². The molecule has 1 saturated heterocycles. The van der Waals surface area contributed by atoms with Crippen LogP contribution in [0.2, 0.25) is 0 Å². The summed E-state index contributed by atoms with van der Waals surface area (Å²) in [5.41, 5.74) is 8.56. The predicted molar refractivity (Wildman–Crippen MR) is 71.4 cm³/mol. The van der Waals surface area contributed by atoms with Crippen LogP contribution in [0.25, 0.3) is 0 Å². The van der Waals surface area contributed by atoms with Crippen molar-refractivity contribution >= 4 is 21.6 Å². The van der Waals surface area contributed by atoms with Crippen LogP contribution in [0.5, 0.6) is 0 Å². The first kappa shape index (κ1) is 15.6. The molecular weight excluding hydrogens is 304 g/mol. The van der Waals surface area contributed by atoms with Crippen LogP contribution >= 0.6 is 0 Å². The Kier molecular flexibility index (Phi) is 3.66. The number of carbonyl (C=O) groups excluding carboxylic acids is 1. The van der Waals surface area contributed by atoms with E-state index in [0.717, 1.165) is 16.4 Å². The number of benzene rings is 1. The molecule has 116 valence electrons. The fourth-order valence-electron chi connectivity index (χ4n) is 2.21. The van der Waals surface area contributed by atoms with Gasteiger partial charge in [0.05, 0.1) is 5.41 Å². The Morgan fingerprint density at radius 1 is 1.38 bits per heavy atom. The van der Waals surface area contributed by atoms with Crippen molar-refractivity contribution in [2.24, 2.45) is 11.1 Å². The average Bonchev–Trinajstić information content (AvgIpc) is 2.80. The normalized spacial score (nSPS) is 23.4. The van der Waals surface area contributed by atoms with Crippen LogP contribution < -0.4 is 11.5 Å². The van der Waals surface area contributed by atoms with Crippen LogP contribution in [0, 0.1) is 17.0 Å². The van der Waals surface area contributed by atoms with Crippen molar-refractivity contribution in [2.45, 2.75) is 18.2 Å². The Morgan fingerprint density at radius 2 is 2.00 bits per heavy atom. The third kappa shape index (κ3) is 2.46. The fraction of sp³-hybridized carbons (Fsp3) is 0.417. The zero-order valence-electron chi connectivity index (χ0n) is 11.3. The number of rotatable bonds is 3. The van der Waals surface area contributed by atoms with Crippen LogP contribution in [-0.2, 0) is 14.8 Å². The Hall–Kier alpha value is -1.74. The third-order valence-electron chi connectivity index (χ3n) is 3.74. The van der Waals surface area contributed by atoms with Crippen LogP contribution in [0.3, 0.4) is 0 Å². The van der Waals surface area contributed by atoms with Crippen molar-refractivity contribution in [1.29, 1.82) is 0 Å². The molecule has 0 aliphatic carbocycles. The van der Waals surface area contributed by atoms with E-state index >= 15 is 0 Å². The highest BCUT2D eigenvalue weighted by molar-refractivity contribution is 7.89. The van der Waals surface area contributed by atoms with Gasteiger partial charge in [0.15, 0.2) is 5.82 Å². The molecule has 1 aliphatic rings. The van der Waals surface area contributed by atoms with Gasteiger partial charge in [0.1, 0.15) is 16.4 Å². The number of anilines is 1. The Morgan fingerprint density at radius 3 is 2.52 bits per heavy atom. The molecule has 1 unspecified atom stereocenters. The predicted octanol–water partition coefficient (Wildman–Crippen LogP) is 0.433. The number of nitrogen functional groups attached to an aromatic ring is 1. The molecule has 1 heterocycles. The molecule has 2 rings (SSSR count). The second kappa shape index (κ2) is 4.92. The fourth-order valence-corrected chi connectivity index (χ4v) is 3.85. The maximum Gasteiger partial charge on any atom is 0.246 e. The van der Waals surface area contributed by atoms with Crippen molar-refractivity contribution < 1.29 is 22.0 Å². The molecule has 0 saturated carbocycles. The first-order chi connectivity index (χ1) is 9.59. The minimum Gasteiger partial charge on any atom is -0.394 e. The van der Waals surface area contributed by atoms with E-state index in [1.54, 1.807) is 6.92 Å². The lowest BCUT2D eigenvalue weighted by atomic mass is 9.89. The lowest BCUT2D eigenvalue weighted by Gasteiger charge is -2.21. The molecule has 21 heavy (non-hydrogen) atoms. The topological polar surface area (TPSA) is 106 Å². The molecule has 1 amide bonds. The summed E-state index contributed by atoms with van der Waals surface area (Å²) < 4.78 is 52.7. The molecule has 0 spiro atoms. The summed E-state index contributed by atoms with van der Waals surface area (Å²) in [6.45, 7) is 1.42. The minimum atomic E-state index is -4.21. The van der Waals surface area contributed by atoms with Crippen molar-refractivity contribution in [3.05, 3.63) is 23.8 Å². The molecule has 1 aromatic rings. The van der Waals surface area contributed by atoms with Gasteiger partial charge in [-0.25, -0.2) is 17.2 Å². The standard InChI is InChI=1S/C12H15F2N3O3S/c1-12(11(16)18)4-5-17(6-12)21(19,20)8-3-2-7(13)10(15)9(8)14/h2-3H,4-6,15H2,1H3,(H2,16,18). The van der Waals surface area contributed by atoms with Gasteiger partial charge in [0.2, 0.25) is 15.9 Å². The van der Waals surface area contributed by atoms with E-state index in [1.807, 2.05) is 0 Å². The number of halogens is 2. The summed E-state index contributed by atoms with van der Waals surface area (Å²) >= 11 is 0. The number of carbonyl (C=O) groups is 1. The summed E-state index contributed by atoms with van der Waals surface area (Å²) in [4.78, 5) is 10.6. The largest absolute Gasteiger partial charge is 0.394 e. The van der Waals surface area contributed by atoms with Gasteiger partial charge in [-0.3, -0.25) is 4.79 Å². The zero-order valence-corrected chi connectivity index (χ0v) is 12.1. The number of sulfonamides is 1. The Labute approximate surface area is 120 Å². The number of nitrogens with zero attached hydrogens (tertiary/aromatic N) is 1. The number of primary amides is 1. The van der Waals surface area contributed by atoms with E-state index in [0.29, 0.717) is 0 Å². The minimum absolute atomic E-state index is 0.0263. The number of amides is 1. The van der Waals surface area contributed by atoms with E-state index in [1.165, 1.54) is 0 Å². The lowest BCUT2D eigenvalue weighted by molar-refractivity contribution is -0.126. The van der Waals surface area contributed by atoms with Crippen molar-refractivity contribution in [3.63, 3.8) is 0 Å². The SMILES string of the molecule is CC1(C(N)=O)CCN(S(=O)(=O)c2ccc(F)c(N)c2F)C1. The second-order valence-electron chi connectivity index (χ2n) is 5.29. The van der Waals surface area contributed by atoms with Gasteiger partial charge in [-0.05, 0) is 25.5 Å². The van der Waals surface area contributed by atoms with Crippen molar-refractivity contribution in [3.8, 4) is 0 Å². The monoisotopic (exact) mass is 319 g/mol. The second-order valence-corrected chi connectivity index (χ2v) is 7.19. The quantitative estimate of drug-likeness (QED) is 0.788. The summed E-state index contributed by atoms with van der Waals surface area (Å²) in [6, 6.07) is 1.60. The van der Waals surface area contributed by atoms with E-state index in [-0.39, 0.29) is 19.5 Å². The molecular formula is C12H15F2N3O3S. The summed E-state index contributed by atoms with van der Waals surface area (Å²) in [7, 11) is -4.21. The molecule has 1 fully saturated rings. The smallest absolute Gasteiger partial charge is 0.246 e. The molecule has 0 bridgehead atoms. The average molecular weight is 319 g/mol. The molecule has 0 aromatic heterocycles. The van der Waals surface area contributed by atoms with Crippen molar-refractivity contribution in [1.82, 2.24) is 4.31 Å². The van der Waals surface area contributed by atoms with Gasteiger partial charge in [0, 0.05) is 13.1 Å². The van der Waals surface area contributed by atoms with E-state index in [9.17, 15) is 22.0 Å². The van der Waals surface area contributed by atoms with Crippen LogP contribution in [0.4, 0.5) is 14.5 Å². The molecule has 1 aromatic carbocycles. The molecule has 6 nitrogen and oxygen atoms in total. The third-order valence-corrected chi connectivity index (χ3v) is 5.60. The number of hydrogen-bond donors (Lipinski definition) is 2. The van der Waals surface area contributed by atoms with Gasteiger partial charge in [-0.1, -0.05) is 0 Å². The first-order valence-corrected chi connectivity index (χ1v) is 7.57. The van der Waals surface area contributed by atoms with E-state index < -0.39 is 43.6 Å². The van der Waals surface area contributed by atoms with Gasteiger partial charge in [-0.15, -0.1) is 0 Å². The van der Waals surface area contributed by atoms with Gasteiger partial charge in [0.25, 0.3) is 0 Å². The Balaban J connectivity index is 2.41. The molecule has 9 heteroatoms. The van der Waals surface area contributed by atoms with Gasteiger partial charge >= 0.3 is 0 Å². The van der Waals surface area contributed by atoms with E-state index in [2.05, 4.69) is 0 Å². The highest BCUT2D eigenvalue weighted by Gasteiger charge is 2.44. The Bertz CT molecular complexity index is 708. The number of hydrogen-bond acceptors (Lipinski definition) is 4. The van der Waals surface area contributed by atoms with Crippen LogP contribution in [-0.4, -0.2) is 31.7 Å². The number of nitrogens with two attached hydrogens (primary N) is 2. The van der Waals surface area contributed by atoms with Gasteiger partial charge < -0.3 is 11.5 Å². The summed E-state index contributed by atoms with van der Waals surface area (Å²) in [5.74, 6) is -2.99. The molecule has 0 radical (unpaired) electrons. The van der Waals surface area contributed by atoms with Crippen LogP contribution in [0.1, 0.15) is 13.3 Å².